The smallest absolute Gasteiger partial charge is 0.275 e. The number of fused-ring (bicyclic) bond motifs is 2. The van der Waals surface area contributed by atoms with Crippen molar-refractivity contribution in [3.63, 3.8) is 0 Å². The van der Waals surface area contributed by atoms with E-state index < -0.39 is 22.2 Å². The van der Waals surface area contributed by atoms with E-state index in [4.69, 9.17) is 4.74 Å². The van der Waals surface area contributed by atoms with Crippen molar-refractivity contribution in [3.8, 4) is 0 Å². The van der Waals surface area contributed by atoms with Crippen LogP contribution in [0.2, 0.25) is 0 Å². The Labute approximate surface area is 107 Å². The predicted octanol–water partition coefficient (Wildman–Crippen LogP) is 2.24. The van der Waals surface area contributed by atoms with Crippen molar-refractivity contribution >= 4 is 11.4 Å². The number of morpholine rings is 1. The van der Waals surface area contributed by atoms with Crippen LogP contribution >= 0.6 is 0 Å². The molecule has 102 valence electrons. The van der Waals surface area contributed by atoms with E-state index in [9.17, 15) is 18.9 Å². The predicted molar refractivity (Wildman–Crippen MR) is 63.1 cm³/mol. The lowest BCUT2D eigenvalue weighted by Gasteiger charge is -2.36. The molecule has 0 saturated carbocycles. The Bertz CT molecular complexity index is 499. The summed E-state index contributed by atoms with van der Waals surface area (Å²) in [7, 11) is 0. The van der Waals surface area contributed by atoms with E-state index in [1.807, 2.05) is 0 Å². The molecule has 2 fully saturated rings. The van der Waals surface area contributed by atoms with E-state index in [-0.39, 0.29) is 17.8 Å². The number of benzene rings is 1. The number of ether oxygens (including phenoxy) is 1. The van der Waals surface area contributed by atoms with Crippen LogP contribution in [0.3, 0.4) is 0 Å². The Kier molecular flexibility index (Phi) is 2.85. The molecule has 0 aromatic heterocycles. The summed E-state index contributed by atoms with van der Waals surface area (Å²) < 4.78 is 33.4. The molecule has 2 heterocycles. The van der Waals surface area contributed by atoms with Gasteiger partial charge in [-0.3, -0.25) is 10.1 Å². The van der Waals surface area contributed by atoms with Gasteiger partial charge in [0, 0.05) is 0 Å². The molecule has 0 amide bonds. The number of anilines is 1. The molecule has 5 nitrogen and oxygen atoms in total. The van der Waals surface area contributed by atoms with E-state index in [1.54, 1.807) is 4.90 Å². The third kappa shape index (κ3) is 1.94. The van der Waals surface area contributed by atoms with Gasteiger partial charge in [0.05, 0.1) is 42.4 Å². The van der Waals surface area contributed by atoms with Crippen molar-refractivity contribution in [2.45, 2.75) is 24.9 Å². The molecule has 2 aliphatic heterocycles. The summed E-state index contributed by atoms with van der Waals surface area (Å²) in [6.45, 7) is 0.874. The van der Waals surface area contributed by atoms with Gasteiger partial charge in [-0.2, -0.15) is 0 Å². The standard InChI is InChI=1S/C12H12F2N2O3/c13-10-3-9(16(17)18)4-11(14)12(10)15-7-1-2-8(15)6-19-5-7/h3-4,7-8H,1-2,5-6H2. The van der Waals surface area contributed by atoms with Gasteiger partial charge in [0.25, 0.3) is 5.69 Å². The monoisotopic (exact) mass is 270 g/mol. The first-order valence-electron chi connectivity index (χ1n) is 6.07. The van der Waals surface area contributed by atoms with Gasteiger partial charge in [-0.1, -0.05) is 0 Å². The zero-order chi connectivity index (χ0) is 13.6. The van der Waals surface area contributed by atoms with Crippen LogP contribution in [0, 0.1) is 21.7 Å². The number of nitro groups is 1. The average Bonchev–Trinajstić information content (AvgIpc) is 2.59. The zero-order valence-electron chi connectivity index (χ0n) is 10.0. The van der Waals surface area contributed by atoms with E-state index in [2.05, 4.69) is 0 Å². The first-order valence-corrected chi connectivity index (χ1v) is 6.07. The molecule has 0 aliphatic carbocycles. The first kappa shape index (κ1) is 12.3. The third-order valence-corrected chi connectivity index (χ3v) is 3.71. The van der Waals surface area contributed by atoms with Crippen molar-refractivity contribution in [3.05, 3.63) is 33.9 Å². The fraction of sp³-hybridized carbons (Fsp3) is 0.500. The molecule has 1 aromatic carbocycles. The van der Waals surface area contributed by atoms with E-state index >= 15 is 0 Å². The second-order valence-electron chi connectivity index (χ2n) is 4.84. The Hall–Kier alpha value is -1.76. The topological polar surface area (TPSA) is 55.6 Å². The summed E-state index contributed by atoms with van der Waals surface area (Å²) in [6, 6.07) is 1.44. The molecule has 0 radical (unpaired) electrons. The van der Waals surface area contributed by atoms with Crippen LogP contribution in [-0.4, -0.2) is 30.2 Å². The molecule has 2 atom stereocenters. The lowest BCUT2D eigenvalue weighted by Crippen LogP contribution is -2.46. The van der Waals surface area contributed by atoms with E-state index in [0.717, 1.165) is 25.0 Å². The van der Waals surface area contributed by atoms with Crippen LogP contribution in [-0.2, 0) is 4.74 Å². The maximum atomic E-state index is 14.0. The molecule has 0 spiro atoms. The Morgan fingerprint density at radius 3 is 2.21 bits per heavy atom. The van der Waals surface area contributed by atoms with Crippen LogP contribution in [0.5, 0.6) is 0 Å². The fourth-order valence-corrected chi connectivity index (χ4v) is 2.90. The molecule has 0 N–H and O–H groups in total. The number of nitro benzene ring substituents is 1. The lowest BCUT2D eigenvalue weighted by molar-refractivity contribution is -0.385. The summed E-state index contributed by atoms with van der Waals surface area (Å²) >= 11 is 0. The number of nitrogens with zero attached hydrogens (tertiary/aromatic N) is 2. The van der Waals surface area contributed by atoms with Gasteiger partial charge in [-0.25, -0.2) is 8.78 Å². The highest BCUT2D eigenvalue weighted by molar-refractivity contribution is 5.56. The molecule has 2 aliphatic rings. The second kappa shape index (κ2) is 4.41. The SMILES string of the molecule is O=[N+]([O-])c1cc(F)c(N2C3CCC2COC3)c(F)c1. The lowest BCUT2D eigenvalue weighted by atomic mass is 10.1. The molecule has 19 heavy (non-hydrogen) atoms. The van der Waals surface area contributed by atoms with Crippen LogP contribution < -0.4 is 4.90 Å². The average molecular weight is 270 g/mol. The van der Waals surface area contributed by atoms with Crippen molar-refractivity contribution in [1.29, 1.82) is 0 Å². The third-order valence-electron chi connectivity index (χ3n) is 3.71. The highest BCUT2D eigenvalue weighted by atomic mass is 19.1. The summed E-state index contributed by atoms with van der Waals surface area (Å²) in [5, 5.41) is 10.6. The number of hydrogen-bond donors (Lipinski definition) is 0. The van der Waals surface area contributed by atoms with Crippen LogP contribution in [0.4, 0.5) is 20.2 Å². The number of halogens is 2. The molecular weight excluding hydrogens is 258 g/mol. The Balaban J connectivity index is 2.03. The van der Waals surface area contributed by atoms with Gasteiger partial charge >= 0.3 is 0 Å². The molecule has 2 unspecified atom stereocenters. The highest BCUT2D eigenvalue weighted by Gasteiger charge is 2.40. The van der Waals surface area contributed by atoms with Crippen molar-refractivity contribution in [2.24, 2.45) is 0 Å². The fourth-order valence-electron chi connectivity index (χ4n) is 2.90. The minimum Gasteiger partial charge on any atom is -0.377 e. The normalized spacial score (nSPS) is 25.7. The van der Waals surface area contributed by atoms with Crippen LogP contribution in [0.15, 0.2) is 12.1 Å². The Morgan fingerprint density at radius 2 is 1.74 bits per heavy atom. The van der Waals surface area contributed by atoms with Crippen molar-refractivity contribution < 1.29 is 18.4 Å². The van der Waals surface area contributed by atoms with Gasteiger partial charge in [0.1, 0.15) is 5.69 Å². The van der Waals surface area contributed by atoms with E-state index in [1.165, 1.54) is 0 Å². The summed E-state index contributed by atoms with van der Waals surface area (Å²) in [5.41, 5.74) is -0.735. The maximum absolute atomic E-state index is 14.0. The molecule has 3 rings (SSSR count). The number of non-ortho nitro benzene ring substituents is 1. The zero-order valence-corrected chi connectivity index (χ0v) is 10.0. The quantitative estimate of drug-likeness (QED) is 0.611. The van der Waals surface area contributed by atoms with Gasteiger partial charge in [0.15, 0.2) is 11.6 Å². The van der Waals surface area contributed by atoms with Crippen LogP contribution in [0.1, 0.15) is 12.8 Å². The summed E-state index contributed by atoms with van der Waals surface area (Å²) in [5.74, 6) is -1.77. The molecule has 1 aromatic rings. The summed E-state index contributed by atoms with van der Waals surface area (Å²) in [4.78, 5) is 11.4. The van der Waals surface area contributed by atoms with Gasteiger partial charge in [-0.15, -0.1) is 0 Å². The number of hydrogen-bond acceptors (Lipinski definition) is 4. The molecule has 2 saturated heterocycles. The molecular formula is C12H12F2N2O3. The van der Waals surface area contributed by atoms with Crippen LogP contribution in [0.25, 0.3) is 0 Å². The van der Waals surface area contributed by atoms with Gasteiger partial charge in [0.2, 0.25) is 0 Å². The minimum atomic E-state index is -0.884. The highest BCUT2D eigenvalue weighted by Crippen LogP contribution is 2.38. The minimum absolute atomic E-state index is 0.0517. The van der Waals surface area contributed by atoms with Gasteiger partial charge < -0.3 is 9.64 Å². The second-order valence-corrected chi connectivity index (χ2v) is 4.84. The maximum Gasteiger partial charge on any atom is 0.275 e. The Morgan fingerprint density at radius 1 is 1.21 bits per heavy atom. The van der Waals surface area contributed by atoms with Crippen molar-refractivity contribution in [2.75, 3.05) is 18.1 Å². The largest absolute Gasteiger partial charge is 0.377 e. The molecule has 7 heteroatoms. The summed E-state index contributed by atoms with van der Waals surface area (Å²) in [6.07, 6.45) is 1.64. The van der Waals surface area contributed by atoms with Crippen molar-refractivity contribution in [1.82, 2.24) is 0 Å². The first-order chi connectivity index (χ1) is 9.08. The number of rotatable bonds is 2. The van der Waals surface area contributed by atoms with E-state index in [0.29, 0.717) is 13.2 Å². The molecule has 2 bridgehead atoms. The van der Waals surface area contributed by atoms with Gasteiger partial charge in [-0.05, 0) is 12.8 Å².